The Hall–Kier alpha value is -1.86. The maximum Gasteiger partial charge on any atom is -0.00934 e. The van der Waals surface area contributed by atoms with Crippen molar-refractivity contribution < 1.29 is 0 Å². The van der Waals surface area contributed by atoms with E-state index >= 15 is 0 Å². The lowest BCUT2D eigenvalue weighted by Crippen LogP contribution is -1.63. The molecule has 1 aromatic heterocycles. The lowest BCUT2D eigenvalue weighted by atomic mass is 10.2. The quantitative estimate of drug-likeness (QED) is 0.615. The molecule has 0 amide bonds. The van der Waals surface area contributed by atoms with Crippen LogP contribution in [-0.2, 0) is 0 Å². The molecule has 0 saturated heterocycles. The highest BCUT2D eigenvalue weighted by Gasteiger charge is 1.75. The van der Waals surface area contributed by atoms with E-state index in [2.05, 4.69) is 19.7 Å². The first kappa shape index (κ1) is 15.1. The standard InChI is InChI=1S/C8H8.C4H4S.C4H6/c1-2-8-6-4-3-5-7-8;1-2-4-5-3-1;1-3-4-2/h2-7H,1H2;1-4H;3-4H,1-2H2. The van der Waals surface area contributed by atoms with Gasteiger partial charge >= 0.3 is 0 Å². The molecule has 0 unspecified atom stereocenters. The summed E-state index contributed by atoms with van der Waals surface area (Å²) in [6, 6.07) is 14.1. The van der Waals surface area contributed by atoms with Gasteiger partial charge in [-0.1, -0.05) is 80.4 Å². The van der Waals surface area contributed by atoms with Crippen LogP contribution in [0.25, 0.3) is 6.08 Å². The highest BCUT2D eigenvalue weighted by Crippen LogP contribution is 1.97. The van der Waals surface area contributed by atoms with E-state index in [4.69, 9.17) is 0 Å². The van der Waals surface area contributed by atoms with Crippen molar-refractivity contribution in [1.82, 2.24) is 0 Å². The molecule has 88 valence electrons. The van der Waals surface area contributed by atoms with Crippen LogP contribution in [0, 0.1) is 0 Å². The molecule has 2 rings (SSSR count). The van der Waals surface area contributed by atoms with Gasteiger partial charge in [0.05, 0.1) is 0 Å². The summed E-state index contributed by atoms with van der Waals surface area (Å²) in [7, 11) is 0. The Morgan fingerprint density at radius 2 is 1.29 bits per heavy atom. The van der Waals surface area contributed by atoms with Gasteiger partial charge in [-0.3, -0.25) is 0 Å². The molecule has 0 atom stereocenters. The van der Waals surface area contributed by atoms with Crippen LogP contribution >= 0.6 is 11.3 Å². The fourth-order valence-electron chi connectivity index (χ4n) is 0.816. The number of hydrogen-bond acceptors (Lipinski definition) is 1. The van der Waals surface area contributed by atoms with E-state index in [1.54, 1.807) is 23.5 Å². The van der Waals surface area contributed by atoms with Crippen molar-refractivity contribution in [3.05, 3.63) is 90.7 Å². The van der Waals surface area contributed by atoms with E-state index in [0.717, 1.165) is 0 Å². The van der Waals surface area contributed by atoms with Gasteiger partial charge in [0, 0.05) is 0 Å². The molecule has 1 heteroatoms. The zero-order valence-corrected chi connectivity index (χ0v) is 10.8. The molecule has 0 aliphatic heterocycles. The lowest BCUT2D eigenvalue weighted by molar-refractivity contribution is 1.67. The molecule has 0 fully saturated rings. The Kier molecular flexibility index (Phi) is 10.9. The predicted octanol–water partition coefficient (Wildman–Crippen LogP) is 5.44. The van der Waals surface area contributed by atoms with Gasteiger partial charge in [0.2, 0.25) is 0 Å². The minimum Gasteiger partial charge on any atom is -0.152 e. The molecule has 0 spiro atoms. The van der Waals surface area contributed by atoms with Gasteiger partial charge < -0.3 is 0 Å². The van der Waals surface area contributed by atoms with E-state index in [0.29, 0.717) is 0 Å². The third-order valence-electron chi connectivity index (χ3n) is 1.63. The lowest BCUT2D eigenvalue weighted by Gasteiger charge is -1.85. The molecule has 0 aliphatic carbocycles. The van der Waals surface area contributed by atoms with Gasteiger partial charge in [-0.25, -0.2) is 0 Å². The van der Waals surface area contributed by atoms with Crippen molar-refractivity contribution in [2.45, 2.75) is 0 Å². The van der Waals surface area contributed by atoms with Gasteiger partial charge in [-0.05, 0) is 16.3 Å². The Morgan fingerprint density at radius 1 is 0.765 bits per heavy atom. The minimum absolute atomic E-state index is 1.17. The second-order valence-corrected chi connectivity index (χ2v) is 3.70. The van der Waals surface area contributed by atoms with Gasteiger partial charge in [0.1, 0.15) is 0 Å². The van der Waals surface area contributed by atoms with Gasteiger partial charge in [0.25, 0.3) is 0 Å². The van der Waals surface area contributed by atoms with Crippen LogP contribution in [0.5, 0.6) is 0 Å². The monoisotopic (exact) mass is 242 g/mol. The molecule has 0 aliphatic rings. The summed E-state index contributed by atoms with van der Waals surface area (Å²) >= 11 is 1.71. The Labute approximate surface area is 108 Å². The van der Waals surface area contributed by atoms with Crippen LogP contribution in [0.2, 0.25) is 0 Å². The fraction of sp³-hybridized carbons (Fsp3) is 0. The topological polar surface area (TPSA) is 0 Å². The van der Waals surface area contributed by atoms with E-state index < -0.39 is 0 Å². The normalized spacial score (nSPS) is 7.53. The first-order valence-electron chi connectivity index (χ1n) is 5.23. The highest BCUT2D eigenvalue weighted by atomic mass is 32.1. The number of allylic oxidation sites excluding steroid dienone is 2. The summed E-state index contributed by atoms with van der Waals surface area (Å²) in [4.78, 5) is 0. The third kappa shape index (κ3) is 10.4. The largest absolute Gasteiger partial charge is 0.152 e. The van der Waals surface area contributed by atoms with Crippen LogP contribution in [0.1, 0.15) is 5.56 Å². The summed E-state index contributed by atoms with van der Waals surface area (Å²) < 4.78 is 0. The highest BCUT2D eigenvalue weighted by molar-refractivity contribution is 7.07. The van der Waals surface area contributed by atoms with Crippen LogP contribution in [-0.4, -0.2) is 0 Å². The first-order valence-corrected chi connectivity index (χ1v) is 6.17. The molecule has 17 heavy (non-hydrogen) atoms. The smallest absolute Gasteiger partial charge is 0.00934 e. The SMILES string of the molecule is C=CC=C.C=Cc1ccccc1.c1ccsc1. The molecule has 1 aromatic carbocycles. The molecule has 0 radical (unpaired) electrons. The zero-order chi connectivity index (χ0) is 12.8. The van der Waals surface area contributed by atoms with Gasteiger partial charge in [-0.15, -0.1) is 0 Å². The van der Waals surface area contributed by atoms with Crippen LogP contribution in [0.15, 0.2) is 85.1 Å². The molecule has 0 N–H and O–H groups in total. The number of hydrogen-bond donors (Lipinski definition) is 0. The third-order valence-corrected chi connectivity index (χ3v) is 2.26. The van der Waals surface area contributed by atoms with Crippen molar-refractivity contribution in [3.8, 4) is 0 Å². The average Bonchev–Trinajstić information content (AvgIpc) is 2.99. The molecule has 0 bridgehead atoms. The first-order chi connectivity index (χ1) is 8.35. The predicted molar refractivity (Wildman–Crippen MR) is 81.2 cm³/mol. The Morgan fingerprint density at radius 3 is 1.53 bits per heavy atom. The second-order valence-electron chi connectivity index (χ2n) is 2.88. The average molecular weight is 242 g/mol. The Bertz CT molecular complexity index is 362. The maximum absolute atomic E-state index is 3.63. The number of thiophene rings is 1. The van der Waals surface area contributed by atoms with E-state index in [9.17, 15) is 0 Å². The van der Waals surface area contributed by atoms with Crippen LogP contribution in [0.4, 0.5) is 0 Å². The summed E-state index contributed by atoms with van der Waals surface area (Å²) in [5.41, 5.74) is 1.17. The summed E-state index contributed by atoms with van der Waals surface area (Å²) in [5.74, 6) is 0. The van der Waals surface area contributed by atoms with Crippen LogP contribution in [0.3, 0.4) is 0 Å². The molecule has 2 aromatic rings. The summed E-state index contributed by atoms with van der Waals surface area (Å²) in [6.07, 6.45) is 5.11. The van der Waals surface area contributed by atoms with Crippen molar-refractivity contribution in [2.75, 3.05) is 0 Å². The molecule has 0 nitrogen and oxygen atoms in total. The fourth-order valence-corrected chi connectivity index (χ4v) is 1.27. The second kappa shape index (κ2) is 12.2. The van der Waals surface area contributed by atoms with Crippen molar-refractivity contribution >= 4 is 17.4 Å². The van der Waals surface area contributed by atoms with Gasteiger partial charge in [-0.2, -0.15) is 11.3 Å². The van der Waals surface area contributed by atoms with Crippen LogP contribution < -0.4 is 0 Å². The molecular weight excluding hydrogens is 224 g/mol. The molecular formula is C16H18S. The molecule has 0 saturated carbocycles. The summed E-state index contributed by atoms with van der Waals surface area (Å²) in [5, 5.41) is 4.08. The van der Waals surface area contributed by atoms with Crippen molar-refractivity contribution in [2.24, 2.45) is 0 Å². The van der Waals surface area contributed by atoms with Gasteiger partial charge in [0.15, 0.2) is 0 Å². The Balaban J connectivity index is 0.000000246. The summed E-state index contributed by atoms with van der Waals surface area (Å²) in [6.45, 7) is 10.4. The van der Waals surface area contributed by atoms with E-state index in [1.165, 1.54) is 5.56 Å². The maximum atomic E-state index is 3.63. The van der Waals surface area contributed by atoms with Crippen molar-refractivity contribution in [3.63, 3.8) is 0 Å². The molecule has 1 heterocycles. The zero-order valence-electron chi connectivity index (χ0n) is 9.96. The van der Waals surface area contributed by atoms with E-state index in [1.807, 2.05) is 59.3 Å². The van der Waals surface area contributed by atoms with Crippen molar-refractivity contribution in [1.29, 1.82) is 0 Å². The minimum atomic E-state index is 1.17. The number of benzene rings is 1. The number of rotatable bonds is 2. The van der Waals surface area contributed by atoms with E-state index in [-0.39, 0.29) is 0 Å².